The molecule has 0 bridgehead atoms. The Morgan fingerprint density at radius 1 is 1.47 bits per heavy atom. The molecule has 3 rings (SSSR count). The molecule has 1 atom stereocenters. The quantitative estimate of drug-likeness (QED) is 0.800. The first kappa shape index (κ1) is 12.8. The largest absolute Gasteiger partial charge is 0.344 e. The van der Waals surface area contributed by atoms with Gasteiger partial charge in [-0.25, -0.2) is 4.98 Å². The van der Waals surface area contributed by atoms with Gasteiger partial charge in [-0.05, 0) is 18.6 Å². The maximum absolute atomic E-state index is 12.2. The van der Waals surface area contributed by atoms with Gasteiger partial charge in [-0.2, -0.15) is 0 Å². The number of likely N-dealkylation sites (tertiary alicyclic amines) is 1. The van der Waals surface area contributed by atoms with Crippen LogP contribution in [0.4, 0.5) is 0 Å². The number of carbonyl (C=O) groups excluding carboxylic acids is 1. The van der Waals surface area contributed by atoms with Crippen molar-refractivity contribution < 1.29 is 4.79 Å². The summed E-state index contributed by atoms with van der Waals surface area (Å²) in [5.74, 6) is 1.04. The number of carbonyl (C=O) groups is 1. The fourth-order valence-corrected chi connectivity index (χ4v) is 3.08. The van der Waals surface area contributed by atoms with Gasteiger partial charge >= 0.3 is 0 Å². The lowest BCUT2D eigenvalue weighted by molar-refractivity contribution is -0.129. The fraction of sp³-hybridized carbons (Fsp3) is 0.385. The molecule has 0 aliphatic carbocycles. The Morgan fingerprint density at radius 3 is 2.89 bits per heavy atom. The van der Waals surface area contributed by atoms with Gasteiger partial charge in [0.1, 0.15) is 11.9 Å². The Bertz CT molecular complexity index is 653. The lowest BCUT2D eigenvalue weighted by Gasteiger charge is -2.15. The first-order valence-electron chi connectivity index (χ1n) is 6.09. The normalized spacial score (nSPS) is 19.6. The van der Waals surface area contributed by atoms with E-state index < -0.39 is 0 Å². The number of likely N-dealkylation sites (N-methyl/N-ethyl adjacent to an activating group) is 1. The van der Waals surface area contributed by atoms with Crippen LogP contribution in [0.2, 0.25) is 5.02 Å². The maximum Gasteiger partial charge on any atom is 0.245 e. The molecule has 2 aromatic rings. The minimum absolute atomic E-state index is 0.0885. The van der Waals surface area contributed by atoms with Gasteiger partial charge in [0, 0.05) is 13.6 Å². The predicted molar refractivity (Wildman–Crippen MR) is 75.6 cm³/mol. The Balaban J connectivity index is 2.24. The average molecular weight is 298 g/mol. The molecule has 1 amide bonds. The van der Waals surface area contributed by atoms with Crippen LogP contribution >= 0.6 is 23.2 Å². The van der Waals surface area contributed by atoms with E-state index in [0.717, 1.165) is 24.0 Å². The van der Waals surface area contributed by atoms with Crippen LogP contribution in [0.1, 0.15) is 18.3 Å². The molecule has 1 aliphatic rings. The molecule has 19 heavy (non-hydrogen) atoms. The summed E-state index contributed by atoms with van der Waals surface area (Å²) in [5, 5.41) is 0.601. The molecular weight excluding hydrogens is 285 g/mol. The molecule has 100 valence electrons. The van der Waals surface area contributed by atoms with Crippen LogP contribution in [0.15, 0.2) is 18.2 Å². The third kappa shape index (κ3) is 1.90. The zero-order valence-electron chi connectivity index (χ0n) is 10.4. The minimum Gasteiger partial charge on any atom is -0.344 e. The van der Waals surface area contributed by atoms with Crippen LogP contribution in [-0.2, 0) is 10.7 Å². The molecule has 1 aromatic carbocycles. The highest BCUT2D eigenvalue weighted by atomic mass is 35.5. The van der Waals surface area contributed by atoms with Crippen LogP contribution in [0.5, 0.6) is 0 Å². The lowest BCUT2D eigenvalue weighted by Crippen LogP contribution is -2.25. The summed E-state index contributed by atoms with van der Waals surface area (Å²) in [6, 6.07) is 5.30. The van der Waals surface area contributed by atoms with Gasteiger partial charge in [0.15, 0.2) is 0 Å². The van der Waals surface area contributed by atoms with Gasteiger partial charge in [-0.3, -0.25) is 4.79 Å². The monoisotopic (exact) mass is 297 g/mol. The number of imidazole rings is 1. The number of rotatable bonds is 2. The zero-order chi connectivity index (χ0) is 13.6. The number of hydrogen-bond donors (Lipinski definition) is 0. The van der Waals surface area contributed by atoms with E-state index >= 15 is 0 Å². The van der Waals surface area contributed by atoms with Crippen molar-refractivity contribution in [3.8, 4) is 0 Å². The van der Waals surface area contributed by atoms with Crippen molar-refractivity contribution in [3.63, 3.8) is 0 Å². The van der Waals surface area contributed by atoms with Gasteiger partial charge in [0.2, 0.25) is 5.91 Å². The summed E-state index contributed by atoms with van der Waals surface area (Å²) in [4.78, 5) is 18.4. The second kappa shape index (κ2) is 4.69. The smallest absolute Gasteiger partial charge is 0.245 e. The third-order valence-corrected chi connectivity index (χ3v) is 4.11. The number of fused-ring (bicyclic) bond motifs is 1. The molecule has 4 nitrogen and oxygen atoms in total. The van der Waals surface area contributed by atoms with Crippen LogP contribution in [-0.4, -0.2) is 34.0 Å². The lowest BCUT2D eigenvalue weighted by atomic mass is 10.2. The molecule has 0 saturated carbocycles. The SMILES string of the molecule is CN1CCC(n2c(CCl)nc3cccc(Cl)c32)C1=O. The van der Waals surface area contributed by atoms with Gasteiger partial charge in [-0.15, -0.1) is 11.6 Å². The molecule has 0 N–H and O–H groups in total. The van der Waals surface area contributed by atoms with Crippen molar-refractivity contribution in [2.24, 2.45) is 0 Å². The van der Waals surface area contributed by atoms with E-state index in [0.29, 0.717) is 10.8 Å². The van der Waals surface area contributed by atoms with E-state index in [4.69, 9.17) is 23.2 Å². The molecule has 1 fully saturated rings. The number of halogens is 2. The second-order valence-corrected chi connectivity index (χ2v) is 5.38. The number of benzene rings is 1. The van der Waals surface area contributed by atoms with Gasteiger partial charge in [-0.1, -0.05) is 17.7 Å². The Labute approximate surface area is 120 Å². The summed E-state index contributed by atoms with van der Waals surface area (Å²) < 4.78 is 1.90. The number of aromatic nitrogens is 2. The number of nitrogens with zero attached hydrogens (tertiary/aromatic N) is 3. The highest BCUT2D eigenvalue weighted by molar-refractivity contribution is 6.35. The summed E-state index contributed by atoms with van der Waals surface area (Å²) >= 11 is 12.2. The van der Waals surface area contributed by atoms with Crippen LogP contribution in [0.3, 0.4) is 0 Å². The first-order valence-corrected chi connectivity index (χ1v) is 7.01. The van der Waals surface area contributed by atoms with Crippen LogP contribution < -0.4 is 0 Å². The van der Waals surface area contributed by atoms with Crippen molar-refractivity contribution >= 4 is 40.1 Å². The highest BCUT2D eigenvalue weighted by Gasteiger charge is 2.33. The summed E-state index contributed by atoms with van der Waals surface area (Å²) in [6.07, 6.45) is 0.760. The number of amides is 1. The molecule has 6 heteroatoms. The maximum atomic E-state index is 12.2. The molecule has 1 aromatic heterocycles. The first-order chi connectivity index (χ1) is 9.13. The highest BCUT2D eigenvalue weighted by Crippen LogP contribution is 2.32. The summed E-state index contributed by atoms with van der Waals surface area (Å²) in [5.41, 5.74) is 1.58. The minimum atomic E-state index is -0.247. The van der Waals surface area contributed by atoms with Crippen LogP contribution in [0.25, 0.3) is 11.0 Å². The van der Waals surface area contributed by atoms with Gasteiger partial charge < -0.3 is 9.47 Å². The van der Waals surface area contributed by atoms with Crippen molar-refractivity contribution in [3.05, 3.63) is 29.0 Å². The Morgan fingerprint density at radius 2 is 2.26 bits per heavy atom. The molecule has 0 radical (unpaired) electrons. The van der Waals surface area contributed by atoms with Crippen molar-refractivity contribution in [2.45, 2.75) is 18.3 Å². The molecule has 1 aliphatic heterocycles. The standard InChI is InChI=1S/C13H13Cl2N3O/c1-17-6-5-10(13(17)19)18-11(7-14)16-9-4-2-3-8(15)12(9)18/h2-4,10H,5-7H2,1H3. The molecule has 0 spiro atoms. The van der Waals surface area contributed by atoms with E-state index in [1.165, 1.54) is 0 Å². The van der Waals surface area contributed by atoms with Crippen LogP contribution in [0, 0.1) is 0 Å². The third-order valence-electron chi connectivity index (χ3n) is 3.56. The van der Waals surface area contributed by atoms with E-state index in [1.54, 1.807) is 4.90 Å². The van der Waals surface area contributed by atoms with E-state index in [-0.39, 0.29) is 17.8 Å². The molecule has 1 unspecified atom stereocenters. The second-order valence-electron chi connectivity index (χ2n) is 4.70. The molecule has 2 heterocycles. The number of para-hydroxylation sites is 1. The molecular formula is C13H13Cl2N3O. The predicted octanol–water partition coefficient (Wildman–Crippen LogP) is 2.83. The summed E-state index contributed by atoms with van der Waals surface area (Å²) in [6.45, 7) is 0.745. The Kier molecular flexibility index (Phi) is 3.15. The van der Waals surface area contributed by atoms with Crippen molar-refractivity contribution in [1.29, 1.82) is 0 Å². The number of hydrogen-bond acceptors (Lipinski definition) is 2. The topological polar surface area (TPSA) is 38.1 Å². The van der Waals surface area contributed by atoms with Gasteiger partial charge in [0.05, 0.1) is 21.9 Å². The van der Waals surface area contributed by atoms with Crippen molar-refractivity contribution in [1.82, 2.24) is 14.5 Å². The van der Waals surface area contributed by atoms with Gasteiger partial charge in [0.25, 0.3) is 0 Å². The van der Waals surface area contributed by atoms with E-state index in [2.05, 4.69) is 4.98 Å². The van der Waals surface area contributed by atoms with E-state index in [9.17, 15) is 4.79 Å². The van der Waals surface area contributed by atoms with E-state index in [1.807, 2.05) is 29.8 Å². The Hall–Kier alpha value is -1.26. The zero-order valence-corrected chi connectivity index (χ0v) is 11.9. The summed E-state index contributed by atoms with van der Waals surface area (Å²) in [7, 11) is 1.81. The van der Waals surface area contributed by atoms with Crippen molar-refractivity contribution in [2.75, 3.05) is 13.6 Å². The number of alkyl halides is 1. The fourth-order valence-electron chi connectivity index (χ4n) is 2.63. The molecule has 1 saturated heterocycles. The average Bonchev–Trinajstić information content (AvgIpc) is 2.92.